The Bertz CT molecular complexity index is 715. The number of hydrogen-bond acceptors (Lipinski definition) is 7. The van der Waals surface area contributed by atoms with Crippen LogP contribution in [0.15, 0.2) is 34.9 Å². The van der Waals surface area contributed by atoms with Gasteiger partial charge in [0, 0.05) is 18.7 Å². The lowest BCUT2D eigenvalue weighted by molar-refractivity contribution is -0.384. The number of non-ortho nitro benzene ring substituents is 1. The van der Waals surface area contributed by atoms with E-state index in [2.05, 4.69) is 10.5 Å². The Labute approximate surface area is 138 Å². The van der Waals surface area contributed by atoms with Gasteiger partial charge in [0.2, 0.25) is 5.91 Å². The molecule has 1 N–H and O–H groups in total. The minimum atomic E-state index is -0.477. The lowest BCUT2D eigenvalue weighted by Gasteiger charge is -2.16. The first-order valence-electron chi connectivity index (χ1n) is 7.23. The molecule has 0 radical (unpaired) electrons. The summed E-state index contributed by atoms with van der Waals surface area (Å²) in [5.41, 5.74) is -0.0249. The van der Waals surface area contributed by atoms with Gasteiger partial charge in [0.25, 0.3) is 5.69 Å². The predicted molar refractivity (Wildman–Crippen MR) is 86.0 cm³/mol. The third-order valence-electron chi connectivity index (χ3n) is 3.08. The van der Waals surface area contributed by atoms with Crippen molar-refractivity contribution in [1.29, 1.82) is 0 Å². The normalized spacial score (nSPS) is 10.6. The third kappa shape index (κ3) is 5.36. The molecule has 1 heterocycles. The summed E-state index contributed by atoms with van der Waals surface area (Å²) >= 11 is 0. The van der Waals surface area contributed by atoms with Gasteiger partial charge < -0.3 is 14.6 Å². The fraction of sp³-hybridized carbons (Fsp3) is 0.333. The van der Waals surface area contributed by atoms with Crippen LogP contribution in [0.3, 0.4) is 0 Å². The van der Waals surface area contributed by atoms with Crippen LogP contribution in [0.4, 0.5) is 11.5 Å². The number of carbonyl (C=O) groups is 1. The van der Waals surface area contributed by atoms with Crippen LogP contribution in [0, 0.1) is 17.0 Å². The number of anilines is 1. The van der Waals surface area contributed by atoms with Crippen molar-refractivity contribution >= 4 is 17.4 Å². The van der Waals surface area contributed by atoms with E-state index in [1.54, 1.807) is 37.1 Å². The van der Waals surface area contributed by atoms with E-state index in [4.69, 9.17) is 9.26 Å². The number of nitrogens with one attached hydrogen (secondary N) is 1. The molecule has 0 aliphatic heterocycles. The second kappa shape index (κ2) is 8.06. The van der Waals surface area contributed by atoms with Crippen LogP contribution >= 0.6 is 0 Å². The summed E-state index contributed by atoms with van der Waals surface area (Å²) < 4.78 is 10.3. The number of rotatable bonds is 8. The first-order valence-corrected chi connectivity index (χ1v) is 7.23. The van der Waals surface area contributed by atoms with Crippen molar-refractivity contribution in [2.45, 2.75) is 6.92 Å². The molecule has 0 spiro atoms. The fourth-order valence-electron chi connectivity index (χ4n) is 1.94. The number of carbonyl (C=O) groups excluding carboxylic acids is 1. The lowest BCUT2D eigenvalue weighted by atomic mass is 10.3. The molecule has 24 heavy (non-hydrogen) atoms. The van der Waals surface area contributed by atoms with E-state index in [0.29, 0.717) is 30.5 Å². The molecule has 0 atom stereocenters. The van der Waals surface area contributed by atoms with Gasteiger partial charge in [-0.05, 0) is 20.0 Å². The second-order valence-corrected chi connectivity index (χ2v) is 5.21. The Morgan fingerprint density at radius 1 is 1.46 bits per heavy atom. The highest BCUT2D eigenvalue weighted by Crippen LogP contribution is 2.18. The summed E-state index contributed by atoms with van der Waals surface area (Å²) in [5, 5.41) is 17.0. The van der Waals surface area contributed by atoms with E-state index in [1.807, 2.05) is 0 Å². The minimum Gasteiger partial charge on any atom is -0.492 e. The standard InChI is InChI=1S/C15H18N4O5/c1-11-8-14(17-24-11)16-15(20)10-18(2)6-7-23-13-5-3-4-12(9-13)19(21)22/h3-5,8-9H,6-7,10H2,1-2H3,(H,16,17,20). The number of likely N-dealkylation sites (N-methyl/N-ethyl adjacent to an activating group) is 1. The molecule has 0 saturated carbocycles. The van der Waals surface area contributed by atoms with Gasteiger partial charge in [-0.2, -0.15) is 0 Å². The van der Waals surface area contributed by atoms with Gasteiger partial charge in [-0.15, -0.1) is 0 Å². The Balaban J connectivity index is 1.73. The number of nitro groups is 1. The minimum absolute atomic E-state index is 0.0249. The van der Waals surface area contributed by atoms with Crippen molar-refractivity contribution in [3.8, 4) is 5.75 Å². The molecule has 0 aliphatic carbocycles. The van der Waals surface area contributed by atoms with Crippen LogP contribution in [0.25, 0.3) is 0 Å². The van der Waals surface area contributed by atoms with Gasteiger partial charge in [-0.1, -0.05) is 11.2 Å². The maximum absolute atomic E-state index is 11.8. The third-order valence-corrected chi connectivity index (χ3v) is 3.08. The molecule has 128 valence electrons. The van der Waals surface area contributed by atoms with Gasteiger partial charge in [-0.3, -0.25) is 19.8 Å². The first-order chi connectivity index (χ1) is 11.4. The van der Waals surface area contributed by atoms with E-state index < -0.39 is 4.92 Å². The highest BCUT2D eigenvalue weighted by molar-refractivity contribution is 5.91. The largest absolute Gasteiger partial charge is 0.492 e. The topological polar surface area (TPSA) is 111 Å². The van der Waals surface area contributed by atoms with Crippen molar-refractivity contribution in [3.05, 3.63) is 46.2 Å². The zero-order valence-electron chi connectivity index (χ0n) is 13.4. The van der Waals surface area contributed by atoms with Crippen molar-refractivity contribution in [2.24, 2.45) is 0 Å². The molecule has 9 nitrogen and oxygen atoms in total. The molecule has 1 amide bonds. The number of nitro benzene ring substituents is 1. The number of aromatic nitrogens is 1. The van der Waals surface area contributed by atoms with E-state index >= 15 is 0 Å². The quantitative estimate of drug-likeness (QED) is 0.579. The Kier molecular flexibility index (Phi) is 5.85. The summed E-state index contributed by atoms with van der Waals surface area (Å²) in [5.74, 6) is 1.18. The van der Waals surface area contributed by atoms with Crippen LogP contribution in [-0.4, -0.2) is 47.6 Å². The van der Waals surface area contributed by atoms with Gasteiger partial charge >= 0.3 is 0 Å². The van der Waals surface area contributed by atoms with E-state index in [1.165, 1.54) is 12.1 Å². The number of hydrogen-bond donors (Lipinski definition) is 1. The zero-order valence-corrected chi connectivity index (χ0v) is 13.4. The van der Waals surface area contributed by atoms with Crippen molar-refractivity contribution in [1.82, 2.24) is 10.1 Å². The van der Waals surface area contributed by atoms with Crippen molar-refractivity contribution in [3.63, 3.8) is 0 Å². The zero-order chi connectivity index (χ0) is 17.5. The SMILES string of the molecule is Cc1cc(NC(=O)CN(C)CCOc2cccc([N+](=O)[O-])c2)no1. The molecule has 9 heteroatoms. The molecule has 2 rings (SSSR count). The molecule has 0 aliphatic rings. The predicted octanol–water partition coefficient (Wildman–Crippen LogP) is 1.84. The van der Waals surface area contributed by atoms with Gasteiger partial charge in [0.05, 0.1) is 17.5 Å². The van der Waals surface area contributed by atoms with Gasteiger partial charge in [-0.25, -0.2) is 0 Å². The number of ether oxygens (including phenoxy) is 1. The summed E-state index contributed by atoms with van der Waals surface area (Å²) in [4.78, 5) is 23.8. The highest BCUT2D eigenvalue weighted by atomic mass is 16.6. The molecule has 0 unspecified atom stereocenters. The lowest BCUT2D eigenvalue weighted by Crippen LogP contribution is -2.33. The van der Waals surface area contributed by atoms with Crippen LogP contribution in [-0.2, 0) is 4.79 Å². The number of nitrogens with zero attached hydrogens (tertiary/aromatic N) is 3. The molecule has 1 aromatic carbocycles. The number of amides is 1. The molecule has 0 fully saturated rings. The molecule has 1 aromatic heterocycles. The van der Waals surface area contributed by atoms with Crippen LogP contribution < -0.4 is 10.1 Å². The van der Waals surface area contributed by atoms with Crippen LogP contribution in [0.2, 0.25) is 0 Å². The fourth-order valence-corrected chi connectivity index (χ4v) is 1.94. The smallest absolute Gasteiger partial charge is 0.273 e. The molecule has 0 saturated heterocycles. The van der Waals surface area contributed by atoms with Gasteiger partial charge in [0.1, 0.15) is 18.1 Å². The maximum atomic E-state index is 11.8. The number of aryl methyl sites for hydroxylation is 1. The van der Waals surface area contributed by atoms with E-state index in [0.717, 1.165) is 0 Å². The highest BCUT2D eigenvalue weighted by Gasteiger charge is 2.10. The van der Waals surface area contributed by atoms with E-state index in [9.17, 15) is 14.9 Å². The molecular formula is C15H18N4O5. The maximum Gasteiger partial charge on any atom is 0.273 e. The molecular weight excluding hydrogens is 316 g/mol. The summed E-state index contributed by atoms with van der Waals surface area (Å²) in [6.07, 6.45) is 0. The molecule has 2 aromatic rings. The summed E-state index contributed by atoms with van der Waals surface area (Å²) in [7, 11) is 1.77. The first kappa shape index (κ1) is 17.4. The van der Waals surface area contributed by atoms with Crippen LogP contribution in [0.5, 0.6) is 5.75 Å². The monoisotopic (exact) mass is 334 g/mol. The second-order valence-electron chi connectivity index (χ2n) is 5.21. The van der Waals surface area contributed by atoms with Gasteiger partial charge in [0.15, 0.2) is 5.82 Å². The number of benzene rings is 1. The van der Waals surface area contributed by atoms with Crippen molar-refractivity contribution < 1.29 is 19.0 Å². The Hall–Kier alpha value is -2.94. The summed E-state index contributed by atoms with van der Waals surface area (Å²) in [6.45, 7) is 2.67. The summed E-state index contributed by atoms with van der Waals surface area (Å²) in [6, 6.07) is 7.59. The molecule has 0 bridgehead atoms. The van der Waals surface area contributed by atoms with E-state index in [-0.39, 0.29) is 18.1 Å². The Morgan fingerprint density at radius 3 is 2.92 bits per heavy atom. The van der Waals surface area contributed by atoms with Crippen LogP contribution in [0.1, 0.15) is 5.76 Å². The average molecular weight is 334 g/mol. The van der Waals surface area contributed by atoms with Crippen molar-refractivity contribution in [2.75, 3.05) is 32.1 Å². The average Bonchev–Trinajstić information content (AvgIpc) is 2.92. The Morgan fingerprint density at radius 2 is 2.25 bits per heavy atom.